The minimum absolute atomic E-state index is 0.307. The minimum atomic E-state index is -0.557. The highest BCUT2D eigenvalue weighted by Crippen LogP contribution is 2.14. The Labute approximate surface area is 117 Å². The van der Waals surface area contributed by atoms with Crippen LogP contribution in [0.4, 0.5) is 0 Å². The summed E-state index contributed by atoms with van der Waals surface area (Å²) >= 11 is 0. The third-order valence-electron chi connectivity index (χ3n) is 2.85. The second kappa shape index (κ2) is 6.81. The summed E-state index contributed by atoms with van der Waals surface area (Å²) in [6.45, 7) is 2.25. The van der Waals surface area contributed by atoms with Gasteiger partial charge in [0.1, 0.15) is 6.04 Å². The van der Waals surface area contributed by atoms with Crippen LogP contribution in [0.25, 0.3) is 0 Å². The molecular weight excluding hydrogens is 258 g/mol. The maximum absolute atomic E-state index is 11.8. The lowest BCUT2D eigenvalue weighted by Crippen LogP contribution is -2.29. The Bertz CT molecular complexity index is 554. The van der Waals surface area contributed by atoms with E-state index in [4.69, 9.17) is 9.26 Å². The fourth-order valence-electron chi connectivity index (χ4n) is 1.80. The van der Waals surface area contributed by atoms with Crippen molar-refractivity contribution in [2.24, 2.45) is 0 Å². The number of rotatable bonds is 6. The third-order valence-corrected chi connectivity index (χ3v) is 2.85. The third kappa shape index (κ3) is 3.42. The summed E-state index contributed by atoms with van der Waals surface area (Å²) in [4.78, 5) is 16.0. The molecule has 0 saturated heterocycles. The van der Waals surface area contributed by atoms with Gasteiger partial charge >= 0.3 is 5.97 Å². The van der Waals surface area contributed by atoms with E-state index in [1.165, 1.54) is 7.11 Å². The number of ether oxygens (including phenoxy) is 1. The van der Waals surface area contributed by atoms with Gasteiger partial charge < -0.3 is 9.26 Å². The molecule has 1 heterocycles. The first-order valence-corrected chi connectivity index (χ1v) is 6.42. The summed E-state index contributed by atoms with van der Waals surface area (Å²) in [7, 11) is 1.36. The van der Waals surface area contributed by atoms with Gasteiger partial charge in [-0.25, -0.2) is 4.79 Å². The SMILES string of the molecule is CCc1noc(CNC(C(=O)OC)c2ccccc2)n1. The summed E-state index contributed by atoms with van der Waals surface area (Å²) in [6, 6.07) is 8.80. The number of esters is 1. The number of hydrogen-bond donors (Lipinski definition) is 1. The van der Waals surface area contributed by atoms with Gasteiger partial charge in [-0.2, -0.15) is 4.98 Å². The van der Waals surface area contributed by atoms with Crippen molar-refractivity contribution in [3.63, 3.8) is 0 Å². The Balaban J connectivity index is 2.07. The van der Waals surface area contributed by atoms with E-state index >= 15 is 0 Å². The van der Waals surface area contributed by atoms with Crippen LogP contribution in [0.2, 0.25) is 0 Å². The second-order valence-electron chi connectivity index (χ2n) is 4.21. The molecule has 0 radical (unpaired) electrons. The van der Waals surface area contributed by atoms with E-state index in [0.29, 0.717) is 24.7 Å². The van der Waals surface area contributed by atoms with Gasteiger partial charge in [-0.15, -0.1) is 0 Å². The van der Waals surface area contributed by atoms with Crippen LogP contribution in [0.5, 0.6) is 0 Å². The van der Waals surface area contributed by atoms with E-state index in [9.17, 15) is 4.79 Å². The second-order valence-corrected chi connectivity index (χ2v) is 4.21. The van der Waals surface area contributed by atoms with Crippen LogP contribution in [-0.4, -0.2) is 23.2 Å². The van der Waals surface area contributed by atoms with Gasteiger partial charge in [0.05, 0.1) is 13.7 Å². The summed E-state index contributed by atoms with van der Waals surface area (Å²) in [5.41, 5.74) is 0.828. The van der Waals surface area contributed by atoms with E-state index in [-0.39, 0.29) is 5.97 Å². The largest absolute Gasteiger partial charge is 0.468 e. The van der Waals surface area contributed by atoms with Crippen LogP contribution in [0, 0.1) is 0 Å². The molecule has 2 rings (SSSR count). The number of nitrogens with zero attached hydrogens (tertiary/aromatic N) is 2. The van der Waals surface area contributed by atoms with Gasteiger partial charge in [0, 0.05) is 6.42 Å². The average Bonchev–Trinajstić information content (AvgIpc) is 2.96. The fourth-order valence-corrected chi connectivity index (χ4v) is 1.80. The van der Waals surface area contributed by atoms with Gasteiger partial charge in [-0.05, 0) is 5.56 Å². The molecule has 6 heteroatoms. The molecule has 1 aromatic carbocycles. The minimum Gasteiger partial charge on any atom is -0.468 e. The van der Waals surface area contributed by atoms with E-state index in [0.717, 1.165) is 5.56 Å². The molecule has 0 fully saturated rings. The van der Waals surface area contributed by atoms with Crippen molar-refractivity contribution < 1.29 is 14.1 Å². The average molecular weight is 275 g/mol. The van der Waals surface area contributed by atoms with Crippen LogP contribution < -0.4 is 5.32 Å². The van der Waals surface area contributed by atoms with E-state index in [1.807, 2.05) is 37.3 Å². The molecule has 0 aliphatic carbocycles. The molecule has 1 aromatic heterocycles. The highest BCUT2D eigenvalue weighted by atomic mass is 16.5. The van der Waals surface area contributed by atoms with Gasteiger partial charge in [0.25, 0.3) is 0 Å². The van der Waals surface area contributed by atoms with Gasteiger partial charge in [-0.3, -0.25) is 5.32 Å². The van der Waals surface area contributed by atoms with Crippen molar-refractivity contribution >= 4 is 5.97 Å². The zero-order valence-corrected chi connectivity index (χ0v) is 11.5. The van der Waals surface area contributed by atoms with Crippen molar-refractivity contribution in [1.29, 1.82) is 0 Å². The monoisotopic (exact) mass is 275 g/mol. The molecule has 0 aliphatic heterocycles. The van der Waals surface area contributed by atoms with Gasteiger partial charge in [0.15, 0.2) is 5.82 Å². The number of benzene rings is 1. The molecule has 1 atom stereocenters. The summed E-state index contributed by atoms with van der Waals surface area (Å²) in [5.74, 6) is 0.745. The Kier molecular flexibility index (Phi) is 4.84. The molecular formula is C14H17N3O3. The highest BCUT2D eigenvalue weighted by molar-refractivity contribution is 5.77. The molecule has 0 aliphatic rings. The van der Waals surface area contributed by atoms with Crippen molar-refractivity contribution in [2.75, 3.05) is 7.11 Å². The van der Waals surface area contributed by atoms with Gasteiger partial charge in [-0.1, -0.05) is 42.4 Å². The maximum atomic E-state index is 11.8. The number of nitrogens with one attached hydrogen (secondary N) is 1. The first-order valence-electron chi connectivity index (χ1n) is 6.42. The molecule has 1 N–H and O–H groups in total. The first-order chi connectivity index (χ1) is 9.74. The number of aryl methyl sites for hydroxylation is 1. The number of carbonyl (C=O) groups excluding carboxylic acids is 1. The zero-order valence-electron chi connectivity index (χ0n) is 11.5. The number of aromatic nitrogens is 2. The molecule has 6 nitrogen and oxygen atoms in total. The van der Waals surface area contributed by atoms with Crippen molar-refractivity contribution in [2.45, 2.75) is 25.9 Å². The smallest absolute Gasteiger partial charge is 0.327 e. The Morgan fingerprint density at radius 2 is 2.15 bits per heavy atom. The van der Waals surface area contributed by atoms with Gasteiger partial charge in [0.2, 0.25) is 5.89 Å². The molecule has 0 bridgehead atoms. The standard InChI is InChI=1S/C14H17N3O3/c1-3-11-16-12(20-17-11)9-15-13(14(18)19-2)10-7-5-4-6-8-10/h4-8,13,15H,3,9H2,1-2H3. The Morgan fingerprint density at radius 3 is 2.75 bits per heavy atom. The molecule has 20 heavy (non-hydrogen) atoms. The molecule has 0 spiro atoms. The molecule has 106 valence electrons. The summed E-state index contributed by atoms with van der Waals surface area (Å²) in [5, 5.41) is 6.88. The van der Waals surface area contributed by atoms with Crippen molar-refractivity contribution in [3.05, 3.63) is 47.6 Å². The lowest BCUT2D eigenvalue weighted by Gasteiger charge is -2.15. The fraction of sp³-hybridized carbons (Fsp3) is 0.357. The van der Waals surface area contributed by atoms with E-state index < -0.39 is 6.04 Å². The van der Waals surface area contributed by atoms with E-state index in [1.54, 1.807) is 0 Å². The molecule has 1 unspecified atom stereocenters. The summed E-state index contributed by atoms with van der Waals surface area (Å²) in [6.07, 6.45) is 0.711. The summed E-state index contributed by atoms with van der Waals surface area (Å²) < 4.78 is 9.89. The topological polar surface area (TPSA) is 77.2 Å². The first kappa shape index (κ1) is 14.2. The van der Waals surface area contributed by atoms with Crippen molar-refractivity contribution in [3.8, 4) is 0 Å². The lowest BCUT2D eigenvalue weighted by molar-refractivity contribution is -0.143. The highest BCUT2D eigenvalue weighted by Gasteiger charge is 2.21. The predicted molar refractivity (Wildman–Crippen MR) is 71.7 cm³/mol. The molecule has 0 saturated carbocycles. The van der Waals surface area contributed by atoms with Crippen molar-refractivity contribution in [1.82, 2.24) is 15.5 Å². The predicted octanol–water partition coefficient (Wildman–Crippen LogP) is 1.64. The molecule has 2 aromatic rings. The number of methoxy groups -OCH3 is 1. The molecule has 0 amide bonds. The van der Waals surface area contributed by atoms with Crippen LogP contribution in [0.15, 0.2) is 34.9 Å². The normalized spacial score (nSPS) is 12.1. The Morgan fingerprint density at radius 1 is 1.40 bits per heavy atom. The van der Waals surface area contributed by atoms with Crippen LogP contribution in [0.3, 0.4) is 0 Å². The van der Waals surface area contributed by atoms with Crippen LogP contribution in [-0.2, 0) is 22.5 Å². The lowest BCUT2D eigenvalue weighted by atomic mass is 10.1. The zero-order chi connectivity index (χ0) is 14.4. The Hall–Kier alpha value is -2.21. The number of carbonyl (C=O) groups is 1. The quantitative estimate of drug-likeness (QED) is 0.807. The van der Waals surface area contributed by atoms with E-state index in [2.05, 4.69) is 15.5 Å². The number of hydrogen-bond acceptors (Lipinski definition) is 6. The van der Waals surface area contributed by atoms with Crippen LogP contribution >= 0.6 is 0 Å². The maximum Gasteiger partial charge on any atom is 0.327 e. The van der Waals surface area contributed by atoms with Crippen LogP contribution in [0.1, 0.15) is 30.2 Å².